The molecule has 0 spiro atoms. The monoisotopic (exact) mass is 314 g/mol. The maximum absolute atomic E-state index is 11.9. The lowest BCUT2D eigenvalue weighted by Gasteiger charge is -2.17. The lowest BCUT2D eigenvalue weighted by Crippen LogP contribution is -2.18. The molecule has 2 rings (SSSR count). The van der Waals surface area contributed by atoms with Crippen LogP contribution in [0.25, 0.3) is 0 Å². The molecule has 0 saturated carbocycles. The minimum Gasteiger partial charge on any atom is -0.465 e. The second kappa shape index (κ2) is 7.74. The van der Waals surface area contributed by atoms with Crippen LogP contribution in [0.15, 0.2) is 30.3 Å². The average molecular weight is 314 g/mol. The van der Waals surface area contributed by atoms with Gasteiger partial charge in [0.2, 0.25) is 0 Å². The maximum atomic E-state index is 11.9. The molecule has 5 nitrogen and oxygen atoms in total. The number of carbonyl (C=O) groups is 2. The molecule has 2 aromatic rings. The summed E-state index contributed by atoms with van der Waals surface area (Å²) in [5.41, 5.74) is 3.58. The quantitative estimate of drug-likeness (QED) is 0.630. The Labute approximate surface area is 136 Å². The van der Waals surface area contributed by atoms with Crippen molar-refractivity contribution in [3.8, 4) is 0 Å². The fourth-order valence-electron chi connectivity index (χ4n) is 2.78. The van der Waals surface area contributed by atoms with Gasteiger partial charge >= 0.3 is 5.97 Å². The van der Waals surface area contributed by atoms with E-state index < -0.39 is 5.97 Å². The minimum absolute atomic E-state index is 0.289. The number of benzene rings is 1. The molecule has 5 heteroatoms. The summed E-state index contributed by atoms with van der Waals surface area (Å²) < 4.78 is 4.80. The summed E-state index contributed by atoms with van der Waals surface area (Å²) in [6.07, 6.45) is 1.33. The first kappa shape index (κ1) is 17.0. The van der Waals surface area contributed by atoms with E-state index in [1.54, 1.807) is 0 Å². The summed E-state index contributed by atoms with van der Waals surface area (Å²) in [6.45, 7) is 3.37. The zero-order valence-electron chi connectivity index (χ0n) is 13.8. The third-order valence-electron chi connectivity index (χ3n) is 3.81. The molecule has 23 heavy (non-hydrogen) atoms. The van der Waals surface area contributed by atoms with Gasteiger partial charge < -0.3 is 9.72 Å². The second-order valence-electron chi connectivity index (χ2n) is 5.49. The molecular formula is C18H22N2O3. The van der Waals surface area contributed by atoms with Gasteiger partial charge in [0.05, 0.1) is 18.4 Å². The SMILES string of the molecule is CCc1c(CN(C)Cc2ccccc2)[nH]c(C=O)c1C(=O)OC. The zero-order chi connectivity index (χ0) is 16.8. The van der Waals surface area contributed by atoms with Crippen LogP contribution in [0.3, 0.4) is 0 Å². The highest BCUT2D eigenvalue weighted by Gasteiger charge is 2.22. The number of H-pyrrole nitrogens is 1. The molecule has 0 aliphatic rings. The van der Waals surface area contributed by atoms with Gasteiger partial charge in [0, 0.05) is 18.8 Å². The van der Waals surface area contributed by atoms with Gasteiger partial charge in [-0.05, 0) is 24.6 Å². The number of hydrogen-bond donors (Lipinski definition) is 1. The summed E-state index contributed by atoms with van der Waals surface area (Å²) in [4.78, 5) is 28.4. The van der Waals surface area contributed by atoms with Crippen LogP contribution < -0.4 is 0 Å². The van der Waals surface area contributed by atoms with E-state index in [9.17, 15) is 9.59 Å². The van der Waals surface area contributed by atoms with E-state index in [0.717, 1.165) is 17.8 Å². The van der Waals surface area contributed by atoms with Crippen LogP contribution in [-0.4, -0.2) is 36.3 Å². The molecule has 0 radical (unpaired) electrons. The lowest BCUT2D eigenvalue weighted by molar-refractivity contribution is 0.0597. The number of aromatic nitrogens is 1. The van der Waals surface area contributed by atoms with Crippen LogP contribution in [0.4, 0.5) is 0 Å². The number of esters is 1. The summed E-state index contributed by atoms with van der Waals surface area (Å²) in [5.74, 6) is -0.475. The van der Waals surface area contributed by atoms with E-state index in [0.29, 0.717) is 24.8 Å². The Kier molecular flexibility index (Phi) is 5.71. The second-order valence-corrected chi connectivity index (χ2v) is 5.49. The number of nitrogens with one attached hydrogen (secondary N) is 1. The molecular weight excluding hydrogens is 292 g/mol. The van der Waals surface area contributed by atoms with Crippen LogP contribution in [0.1, 0.15) is 44.6 Å². The standard InChI is InChI=1S/C18H22N2O3/c1-4-14-15(19-16(12-21)17(14)18(22)23-3)11-20(2)10-13-8-6-5-7-9-13/h5-9,12,19H,4,10-11H2,1-3H3. The highest BCUT2D eigenvalue weighted by atomic mass is 16.5. The zero-order valence-corrected chi connectivity index (χ0v) is 13.8. The molecule has 1 aromatic heterocycles. The van der Waals surface area contributed by atoms with Crippen LogP contribution in [0.5, 0.6) is 0 Å². The van der Waals surface area contributed by atoms with Crippen molar-refractivity contribution in [3.63, 3.8) is 0 Å². The number of ether oxygens (including phenoxy) is 1. The number of methoxy groups -OCH3 is 1. The highest BCUT2D eigenvalue weighted by Crippen LogP contribution is 2.22. The molecule has 0 aliphatic carbocycles. The predicted octanol–water partition coefficient (Wildman–Crippen LogP) is 2.81. The number of carbonyl (C=O) groups excluding carboxylic acids is 2. The van der Waals surface area contributed by atoms with Crippen molar-refractivity contribution in [2.75, 3.05) is 14.2 Å². The van der Waals surface area contributed by atoms with Gasteiger partial charge in [0.15, 0.2) is 6.29 Å². The molecule has 0 unspecified atom stereocenters. The Morgan fingerprint density at radius 1 is 1.26 bits per heavy atom. The number of hydrogen-bond acceptors (Lipinski definition) is 4. The molecule has 0 fully saturated rings. The first-order valence-corrected chi connectivity index (χ1v) is 7.60. The number of nitrogens with zero attached hydrogens (tertiary/aromatic N) is 1. The van der Waals surface area contributed by atoms with Crippen LogP contribution >= 0.6 is 0 Å². The predicted molar refractivity (Wildman–Crippen MR) is 88.5 cm³/mol. The number of aldehydes is 1. The van der Waals surface area contributed by atoms with E-state index in [1.165, 1.54) is 12.7 Å². The Hall–Kier alpha value is -2.40. The lowest BCUT2D eigenvalue weighted by atomic mass is 10.1. The van der Waals surface area contributed by atoms with Crippen molar-refractivity contribution in [2.24, 2.45) is 0 Å². The van der Waals surface area contributed by atoms with Crippen LogP contribution in [0, 0.1) is 0 Å². The van der Waals surface area contributed by atoms with Crippen molar-refractivity contribution < 1.29 is 14.3 Å². The third kappa shape index (κ3) is 3.87. The van der Waals surface area contributed by atoms with Gasteiger partial charge in [-0.1, -0.05) is 37.3 Å². The van der Waals surface area contributed by atoms with Gasteiger partial charge in [-0.2, -0.15) is 0 Å². The first-order chi connectivity index (χ1) is 11.1. The summed E-state index contributed by atoms with van der Waals surface area (Å²) in [6, 6.07) is 10.2. The molecule has 122 valence electrons. The van der Waals surface area contributed by atoms with Crippen molar-refractivity contribution >= 4 is 12.3 Å². The largest absolute Gasteiger partial charge is 0.465 e. The Morgan fingerprint density at radius 3 is 2.52 bits per heavy atom. The van der Waals surface area contributed by atoms with Crippen LogP contribution in [0.2, 0.25) is 0 Å². The number of aromatic amines is 1. The summed E-state index contributed by atoms with van der Waals surface area (Å²) in [5, 5.41) is 0. The van der Waals surface area contributed by atoms with E-state index >= 15 is 0 Å². The Morgan fingerprint density at radius 2 is 1.96 bits per heavy atom. The summed E-state index contributed by atoms with van der Waals surface area (Å²) >= 11 is 0. The minimum atomic E-state index is -0.475. The first-order valence-electron chi connectivity index (χ1n) is 7.60. The number of rotatable bonds is 7. The molecule has 0 saturated heterocycles. The fraction of sp³-hybridized carbons (Fsp3) is 0.333. The van der Waals surface area contributed by atoms with Crippen molar-refractivity contribution in [1.82, 2.24) is 9.88 Å². The molecule has 1 heterocycles. The van der Waals surface area contributed by atoms with E-state index in [4.69, 9.17) is 4.74 Å². The molecule has 0 bridgehead atoms. The van der Waals surface area contributed by atoms with Gasteiger partial charge in [0.25, 0.3) is 0 Å². The topological polar surface area (TPSA) is 62.4 Å². The summed E-state index contributed by atoms with van der Waals surface area (Å²) in [7, 11) is 3.33. The smallest absolute Gasteiger partial charge is 0.340 e. The van der Waals surface area contributed by atoms with Crippen LogP contribution in [-0.2, 0) is 24.2 Å². The van der Waals surface area contributed by atoms with E-state index in [-0.39, 0.29) is 5.69 Å². The highest BCUT2D eigenvalue weighted by molar-refractivity contribution is 5.99. The van der Waals surface area contributed by atoms with Gasteiger partial charge in [-0.3, -0.25) is 9.69 Å². The van der Waals surface area contributed by atoms with Crippen molar-refractivity contribution in [2.45, 2.75) is 26.4 Å². The van der Waals surface area contributed by atoms with Gasteiger partial charge in [-0.25, -0.2) is 4.79 Å². The Bertz CT molecular complexity index is 677. The van der Waals surface area contributed by atoms with Crippen molar-refractivity contribution in [3.05, 3.63) is 58.4 Å². The van der Waals surface area contributed by atoms with Gasteiger partial charge in [0.1, 0.15) is 0 Å². The van der Waals surface area contributed by atoms with Crippen molar-refractivity contribution in [1.29, 1.82) is 0 Å². The Balaban J connectivity index is 2.23. The fourth-order valence-corrected chi connectivity index (χ4v) is 2.78. The molecule has 1 aromatic carbocycles. The maximum Gasteiger partial charge on any atom is 0.340 e. The van der Waals surface area contributed by atoms with E-state index in [2.05, 4.69) is 22.0 Å². The normalized spacial score (nSPS) is 10.8. The molecule has 0 atom stereocenters. The average Bonchev–Trinajstić information content (AvgIpc) is 2.92. The third-order valence-corrected chi connectivity index (χ3v) is 3.81. The molecule has 0 aliphatic heterocycles. The van der Waals surface area contributed by atoms with Gasteiger partial charge in [-0.15, -0.1) is 0 Å². The molecule has 0 amide bonds. The molecule has 1 N–H and O–H groups in total. The van der Waals surface area contributed by atoms with E-state index in [1.807, 2.05) is 32.2 Å².